The number of amides is 1. The maximum absolute atomic E-state index is 12.4. The maximum Gasteiger partial charge on any atom is 0.341 e. The quantitative estimate of drug-likeness (QED) is 0.825. The third kappa shape index (κ3) is 3.82. The van der Waals surface area contributed by atoms with Crippen molar-refractivity contribution in [3.8, 4) is 0 Å². The van der Waals surface area contributed by atoms with Crippen molar-refractivity contribution in [3.05, 3.63) is 39.7 Å². The van der Waals surface area contributed by atoms with Crippen LogP contribution in [0.2, 0.25) is 0 Å². The van der Waals surface area contributed by atoms with Gasteiger partial charge in [0.25, 0.3) is 5.91 Å². The van der Waals surface area contributed by atoms with E-state index in [0.717, 1.165) is 10.4 Å². The lowest BCUT2D eigenvalue weighted by atomic mass is 10.1. The molecular weight excluding hydrogens is 314 g/mol. The molecule has 2 heterocycles. The van der Waals surface area contributed by atoms with Crippen LogP contribution in [-0.4, -0.2) is 18.0 Å². The Hall–Kier alpha value is -2.08. The van der Waals surface area contributed by atoms with Crippen molar-refractivity contribution in [2.24, 2.45) is 0 Å². The second-order valence-corrected chi connectivity index (χ2v) is 6.74. The van der Waals surface area contributed by atoms with Gasteiger partial charge in [0.05, 0.1) is 11.7 Å². The molecule has 5 nitrogen and oxygen atoms in total. The zero-order valence-corrected chi connectivity index (χ0v) is 14.8. The summed E-state index contributed by atoms with van der Waals surface area (Å²) >= 11 is 1.38. The zero-order valence-electron chi connectivity index (χ0n) is 14.0. The second-order valence-electron chi connectivity index (χ2n) is 5.51. The first-order valence-corrected chi connectivity index (χ1v) is 8.36. The molecule has 0 aromatic carbocycles. The largest absolute Gasteiger partial charge is 0.459 e. The van der Waals surface area contributed by atoms with Crippen molar-refractivity contribution in [2.75, 3.05) is 5.32 Å². The number of ether oxygens (including phenoxy) is 1. The molecule has 2 aromatic heterocycles. The lowest BCUT2D eigenvalue weighted by Crippen LogP contribution is -2.17. The Balaban J connectivity index is 2.34. The molecule has 0 radical (unpaired) electrons. The van der Waals surface area contributed by atoms with E-state index in [2.05, 4.69) is 5.32 Å². The number of thiophene rings is 1. The predicted octanol–water partition coefficient (Wildman–Crippen LogP) is 4.34. The Kier molecular flexibility index (Phi) is 5.26. The average Bonchev–Trinajstić information content (AvgIpc) is 3.01. The number of furan rings is 1. The van der Waals surface area contributed by atoms with Gasteiger partial charge in [0.2, 0.25) is 0 Å². The van der Waals surface area contributed by atoms with Crippen molar-refractivity contribution < 1.29 is 18.7 Å². The van der Waals surface area contributed by atoms with Crippen LogP contribution in [-0.2, 0) is 11.2 Å². The predicted molar refractivity (Wildman–Crippen MR) is 90.4 cm³/mol. The molecule has 0 bridgehead atoms. The topological polar surface area (TPSA) is 68.5 Å². The molecule has 0 saturated heterocycles. The number of carbonyl (C=O) groups is 2. The number of rotatable bonds is 5. The first-order valence-electron chi connectivity index (χ1n) is 7.54. The summed E-state index contributed by atoms with van der Waals surface area (Å²) < 4.78 is 10.6. The molecule has 23 heavy (non-hydrogen) atoms. The highest BCUT2D eigenvalue weighted by atomic mass is 32.1. The molecule has 2 rings (SSSR count). The number of carbonyl (C=O) groups excluding carboxylic acids is 2. The fraction of sp³-hybridized carbons (Fsp3) is 0.412. The number of anilines is 1. The van der Waals surface area contributed by atoms with E-state index >= 15 is 0 Å². The Labute approximate surface area is 139 Å². The SMILES string of the molecule is CCc1c(C)sc(NC(=O)c2ccc(C)o2)c1C(=O)OC(C)C. The third-order valence-corrected chi connectivity index (χ3v) is 4.36. The lowest BCUT2D eigenvalue weighted by Gasteiger charge is -2.10. The summed E-state index contributed by atoms with van der Waals surface area (Å²) in [5, 5.41) is 3.28. The van der Waals surface area contributed by atoms with Gasteiger partial charge < -0.3 is 14.5 Å². The van der Waals surface area contributed by atoms with E-state index in [9.17, 15) is 9.59 Å². The van der Waals surface area contributed by atoms with Crippen LogP contribution < -0.4 is 5.32 Å². The van der Waals surface area contributed by atoms with E-state index in [4.69, 9.17) is 9.15 Å². The Morgan fingerprint density at radius 1 is 1.30 bits per heavy atom. The van der Waals surface area contributed by atoms with Crippen LogP contribution in [0.3, 0.4) is 0 Å². The summed E-state index contributed by atoms with van der Waals surface area (Å²) in [5.74, 6) is 0.0914. The minimum absolute atomic E-state index is 0.217. The van der Waals surface area contributed by atoms with Crippen molar-refractivity contribution in [1.82, 2.24) is 0 Å². The van der Waals surface area contributed by atoms with E-state index in [1.165, 1.54) is 11.3 Å². The van der Waals surface area contributed by atoms with Gasteiger partial charge in [-0.1, -0.05) is 6.92 Å². The summed E-state index contributed by atoms with van der Waals surface area (Å²) in [6.45, 7) is 9.27. The fourth-order valence-corrected chi connectivity index (χ4v) is 3.43. The summed E-state index contributed by atoms with van der Waals surface area (Å²) in [4.78, 5) is 25.7. The molecule has 0 aliphatic heterocycles. The Morgan fingerprint density at radius 2 is 2.00 bits per heavy atom. The molecule has 0 fully saturated rings. The van der Waals surface area contributed by atoms with Gasteiger partial charge in [-0.15, -0.1) is 11.3 Å². The van der Waals surface area contributed by atoms with Crippen molar-refractivity contribution >= 4 is 28.2 Å². The van der Waals surface area contributed by atoms with E-state index < -0.39 is 5.97 Å². The van der Waals surface area contributed by atoms with Crippen LogP contribution in [0.5, 0.6) is 0 Å². The molecule has 0 unspecified atom stereocenters. The van der Waals surface area contributed by atoms with Crippen LogP contribution in [0.25, 0.3) is 0 Å². The van der Waals surface area contributed by atoms with Gasteiger partial charge in [-0.05, 0) is 51.8 Å². The highest BCUT2D eigenvalue weighted by Crippen LogP contribution is 2.34. The second kappa shape index (κ2) is 7.00. The normalized spacial score (nSPS) is 10.9. The molecule has 6 heteroatoms. The van der Waals surface area contributed by atoms with Gasteiger partial charge >= 0.3 is 5.97 Å². The van der Waals surface area contributed by atoms with Crippen LogP contribution in [0.1, 0.15) is 57.9 Å². The van der Waals surface area contributed by atoms with E-state index in [-0.39, 0.29) is 17.8 Å². The number of hydrogen-bond acceptors (Lipinski definition) is 5. The summed E-state index contributed by atoms with van der Waals surface area (Å²) in [6.07, 6.45) is 0.476. The summed E-state index contributed by atoms with van der Waals surface area (Å²) in [7, 11) is 0. The number of hydrogen-bond donors (Lipinski definition) is 1. The molecule has 1 N–H and O–H groups in total. The standard InChI is InChI=1S/C17H21NO4S/c1-6-12-11(5)23-16(14(12)17(20)21-9(2)3)18-15(19)13-8-7-10(4)22-13/h7-9H,6H2,1-5H3,(H,18,19). The lowest BCUT2D eigenvalue weighted by molar-refractivity contribution is 0.0378. The van der Waals surface area contributed by atoms with Gasteiger partial charge in [0, 0.05) is 4.88 Å². The molecule has 0 aliphatic rings. The maximum atomic E-state index is 12.4. The summed E-state index contributed by atoms with van der Waals surface area (Å²) in [5.41, 5.74) is 1.35. The molecular formula is C17H21NO4S. The minimum atomic E-state index is -0.410. The number of esters is 1. The molecule has 0 aliphatic carbocycles. The zero-order chi connectivity index (χ0) is 17.1. The highest BCUT2D eigenvalue weighted by Gasteiger charge is 2.25. The highest BCUT2D eigenvalue weighted by molar-refractivity contribution is 7.16. The molecule has 2 aromatic rings. The minimum Gasteiger partial charge on any atom is -0.459 e. The molecule has 1 amide bonds. The van der Waals surface area contributed by atoms with Gasteiger partial charge in [-0.2, -0.15) is 0 Å². The first-order chi connectivity index (χ1) is 10.8. The van der Waals surface area contributed by atoms with Crippen molar-refractivity contribution in [1.29, 1.82) is 0 Å². The fourth-order valence-electron chi connectivity index (χ4n) is 2.30. The average molecular weight is 335 g/mol. The molecule has 0 atom stereocenters. The first kappa shape index (κ1) is 17.3. The number of aryl methyl sites for hydroxylation is 2. The smallest absolute Gasteiger partial charge is 0.341 e. The molecule has 0 saturated carbocycles. The van der Waals surface area contributed by atoms with Gasteiger partial charge in [-0.3, -0.25) is 4.79 Å². The Morgan fingerprint density at radius 3 is 2.52 bits per heavy atom. The van der Waals surface area contributed by atoms with Gasteiger partial charge in [0.1, 0.15) is 10.8 Å². The molecule has 124 valence electrons. The molecule has 0 spiro atoms. The van der Waals surface area contributed by atoms with E-state index in [0.29, 0.717) is 22.7 Å². The third-order valence-electron chi connectivity index (χ3n) is 3.30. The van der Waals surface area contributed by atoms with Crippen LogP contribution >= 0.6 is 11.3 Å². The van der Waals surface area contributed by atoms with Gasteiger partial charge in [0.15, 0.2) is 5.76 Å². The monoisotopic (exact) mass is 335 g/mol. The Bertz CT molecular complexity index is 727. The van der Waals surface area contributed by atoms with E-state index in [1.54, 1.807) is 32.9 Å². The number of nitrogens with one attached hydrogen (secondary N) is 1. The van der Waals surface area contributed by atoms with Gasteiger partial charge in [-0.25, -0.2) is 4.79 Å². The van der Waals surface area contributed by atoms with Crippen LogP contribution in [0.15, 0.2) is 16.5 Å². The van der Waals surface area contributed by atoms with E-state index in [1.807, 2.05) is 13.8 Å². The van der Waals surface area contributed by atoms with Crippen molar-refractivity contribution in [3.63, 3.8) is 0 Å². The van der Waals surface area contributed by atoms with Crippen LogP contribution in [0.4, 0.5) is 5.00 Å². The van der Waals surface area contributed by atoms with Crippen LogP contribution in [0, 0.1) is 13.8 Å². The summed E-state index contributed by atoms with van der Waals surface area (Å²) in [6, 6.07) is 3.33. The van der Waals surface area contributed by atoms with Crippen molar-refractivity contribution in [2.45, 2.75) is 47.1 Å².